The second-order valence-corrected chi connectivity index (χ2v) is 9.45. The van der Waals surface area contributed by atoms with Gasteiger partial charge in [-0.2, -0.15) is 0 Å². The Hall–Kier alpha value is -2.90. The molecule has 0 saturated heterocycles. The molecule has 3 N–H and O–H groups in total. The molecular formula is C23H35N3O5. The molecule has 8 nitrogen and oxygen atoms in total. The summed E-state index contributed by atoms with van der Waals surface area (Å²) in [4.78, 5) is 49.3. The van der Waals surface area contributed by atoms with Gasteiger partial charge >= 0.3 is 17.8 Å². The molecule has 0 fully saturated rings. The second-order valence-electron chi connectivity index (χ2n) is 9.45. The van der Waals surface area contributed by atoms with Gasteiger partial charge in [0.1, 0.15) is 17.7 Å². The molecule has 0 aliphatic heterocycles. The van der Waals surface area contributed by atoms with Crippen LogP contribution >= 0.6 is 0 Å². The van der Waals surface area contributed by atoms with Crippen LogP contribution in [0.1, 0.15) is 67.4 Å². The zero-order chi connectivity index (χ0) is 24.0. The highest BCUT2D eigenvalue weighted by atomic mass is 16.6. The molecule has 2 atom stereocenters. The van der Waals surface area contributed by atoms with Crippen LogP contribution in [0.25, 0.3) is 0 Å². The maximum atomic E-state index is 12.4. The molecule has 0 aliphatic carbocycles. The normalized spacial score (nSPS) is 13.5. The van der Waals surface area contributed by atoms with E-state index in [0.29, 0.717) is 12.1 Å². The lowest BCUT2D eigenvalue weighted by molar-refractivity contribution is -0.158. The monoisotopic (exact) mass is 433 g/mol. The van der Waals surface area contributed by atoms with Crippen LogP contribution in [-0.4, -0.2) is 41.4 Å². The van der Waals surface area contributed by atoms with E-state index in [1.807, 2.05) is 32.9 Å². The van der Waals surface area contributed by atoms with Gasteiger partial charge < -0.3 is 20.7 Å². The van der Waals surface area contributed by atoms with Gasteiger partial charge in [0.05, 0.1) is 0 Å². The number of nitrogens with one attached hydrogen (secondary N) is 3. The summed E-state index contributed by atoms with van der Waals surface area (Å²) in [6.07, 6.45) is 0.325. The van der Waals surface area contributed by atoms with Crippen LogP contribution in [0.4, 0.5) is 5.69 Å². The Kier molecular flexibility index (Phi) is 8.78. The van der Waals surface area contributed by atoms with Gasteiger partial charge in [0.15, 0.2) is 0 Å². The van der Waals surface area contributed by atoms with Crippen molar-refractivity contribution in [2.75, 3.05) is 5.32 Å². The second kappa shape index (κ2) is 10.4. The molecule has 1 aromatic carbocycles. The summed E-state index contributed by atoms with van der Waals surface area (Å²) < 4.78 is 5.29. The molecule has 0 spiro atoms. The minimum Gasteiger partial charge on any atom is -0.458 e. The average Bonchev–Trinajstić information content (AvgIpc) is 2.63. The van der Waals surface area contributed by atoms with Crippen LogP contribution < -0.4 is 16.0 Å². The topological polar surface area (TPSA) is 114 Å². The van der Waals surface area contributed by atoms with Crippen molar-refractivity contribution in [1.29, 1.82) is 0 Å². The van der Waals surface area contributed by atoms with E-state index in [1.54, 1.807) is 39.8 Å². The Morgan fingerprint density at radius 1 is 0.935 bits per heavy atom. The van der Waals surface area contributed by atoms with Crippen LogP contribution in [0.15, 0.2) is 24.3 Å². The van der Waals surface area contributed by atoms with E-state index >= 15 is 0 Å². The van der Waals surface area contributed by atoms with Gasteiger partial charge in [-0.05, 0) is 51.2 Å². The fourth-order valence-electron chi connectivity index (χ4n) is 2.75. The SMILES string of the molecule is CCC(NC(=O)C(C)NC(=O)C(=O)Nc1ccccc1C(C)(C)C)C(=O)OC(C)(C)C. The smallest absolute Gasteiger partial charge is 0.329 e. The zero-order valence-corrected chi connectivity index (χ0v) is 19.7. The van der Waals surface area contributed by atoms with E-state index in [1.165, 1.54) is 6.92 Å². The number of amides is 3. The average molecular weight is 434 g/mol. The fraction of sp³-hybridized carbons (Fsp3) is 0.565. The number of benzene rings is 1. The van der Waals surface area contributed by atoms with Gasteiger partial charge in [0.25, 0.3) is 0 Å². The van der Waals surface area contributed by atoms with Crippen molar-refractivity contribution >= 4 is 29.4 Å². The summed E-state index contributed by atoms with van der Waals surface area (Å²) in [7, 11) is 0. The molecule has 0 aromatic heterocycles. The molecule has 31 heavy (non-hydrogen) atoms. The number of rotatable bonds is 6. The molecule has 1 rings (SSSR count). The van der Waals surface area contributed by atoms with E-state index in [9.17, 15) is 19.2 Å². The summed E-state index contributed by atoms with van der Waals surface area (Å²) >= 11 is 0. The first-order valence-electron chi connectivity index (χ1n) is 10.4. The minimum absolute atomic E-state index is 0.232. The van der Waals surface area contributed by atoms with Gasteiger partial charge in [0, 0.05) is 5.69 Å². The summed E-state index contributed by atoms with van der Waals surface area (Å²) in [5.41, 5.74) is 0.495. The van der Waals surface area contributed by atoms with Crippen molar-refractivity contribution in [3.63, 3.8) is 0 Å². The summed E-state index contributed by atoms with van der Waals surface area (Å²) in [6.45, 7) is 14.4. The molecular weight excluding hydrogens is 398 g/mol. The Labute approximate surface area is 184 Å². The molecule has 3 amide bonds. The predicted molar refractivity (Wildman–Crippen MR) is 119 cm³/mol. The molecule has 1 aromatic rings. The quantitative estimate of drug-likeness (QED) is 0.471. The van der Waals surface area contributed by atoms with Crippen molar-refractivity contribution in [1.82, 2.24) is 10.6 Å². The predicted octanol–water partition coefficient (Wildman–Crippen LogP) is 2.66. The lowest BCUT2D eigenvalue weighted by Crippen LogP contribution is -2.52. The maximum Gasteiger partial charge on any atom is 0.329 e. The Morgan fingerprint density at radius 3 is 2.03 bits per heavy atom. The van der Waals surface area contributed by atoms with Crippen LogP contribution in [0, 0.1) is 0 Å². The number of hydrogen-bond acceptors (Lipinski definition) is 5. The number of para-hydroxylation sites is 1. The van der Waals surface area contributed by atoms with Crippen molar-refractivity contribution in [3.05, 3.63) is 29.8 Å². The lowest BCUT2D eigenvalue weighted by Gasteiger charge is -2.25. The lowest BCUT2D eigenvalue weighted by atomic mass is 9.86. The van der Waals surface area contributed by atoms with Crippen LogP contribution in [0.3, 0.4) is 0 Å². The number of carbonyl (C=O) groups excluding carboxylic acids is 4. The Morgan fingerprint density at radius 2 is 1.52 bits per heavy atom. The third-order valence-electron chi connectivity index (χ3n) is 4.35. The Bertz CT molecular complexity index is 821. The van der Waals surface area contributed by atoms with Gasteiger partial charge in [-0.15, -0.1) is 0 Å². The van der Waals surface area contributed by atoms with Crippen molar-refractivity contribution in [3.8, 4) is 0 Å². The molecule has 8 heteroatoms. The highest BCUT2D eigenvalue weighted by molar-refractivity contribution is 6.40. The highest BCUT2D eigenvalue weighted by Gasteiger charge is 2.28. The third kappa shape index (κ3) is 8.39. The largest absolute Gasteiger partial charge is 0.458 e. The third-order valence-corrected chi connectivity index (χ3v) is 4.35. The van der Waals surface area contributed by atoms with Gasteiger partial charge in [0.2, 0.25) is 5.91 Å². The summed E-state index contributed by atoms with van der Waals surface area (Å²) in [6, 6.07) is 5.35. The van der Waals surface area contributed by atoms with E-state index in [4.69, 9.17) is 4.74 Å². The number of carbonyl (C=O) groups is 4. The standard InChI is InChI=1S/C23H35N3O5/c1-9-16(21(30)31-23(6,7)8)25-18(27)14(2)24-19(28)20(29)26-17-13-11-10-12-15(17)22(3,4)5/h10-14,16H,9H2,1-8H3,(H,24,28)(H,25,27)(H,26,29). The van der Waals surface area contributed by atoms with Gasteiger partial charge in [-0.1, -0.05) is 45.9 Å². The fourth-order valence-corrected chi connectivity index (χ4v) is 2.75. The van der Waals surface area contributed by atoms with Gasteiger partial charge in [-0.25, -0.2) is 4.79 Å². The first-order valence-corrected chi connectivity index (χ1v) is 10.4. The van der Waals surface area contributed by atoms with Crippen molar-refractivity contribution < 1.29 is 23.9 Å². The number of ether oxygens (including phenoxy) is 1. The van der Waals surface area contributed by atoms with Crippen LogP contribution in [-0.2, 0) is 29.3 Å². The molecule has 0 heterocycles. The summed E-state index contributed by atoms with van der Waals surface area (Å²) in [5, 5.41) is 7.51. The van der Waals surface area contributed by atoms with E-state index in [0.717, 1.165) is 5.56 Å². The van der Waals surface area contributed by atoms with Crippen molar-refractivity contribution in [2.24, 2.45) is 0 Å². The molecule has 172 valence electrons. The van der Waals surface area contributed by atoms with Crippen molar-refractivity contribution in [2.45, 2.75) is 84.9 Å². The van der Waals surface area contributed by atoms with Gasteiger partial charge in [-0.3, -0.25) is 14.4 Å². The number of esters is 1. The van der Waals surface area contributed by atoms with Crippen LogP contribution in [0.5, 0.6) is 0 Å². The minimum atomic E-state index is -1.02. The summed E-state index contributed by atoms with van der Waals surface area (Å²) in [5.74, 6) is -2.97. The number of anilines is 1. The molecule has 0 bridgehead atoms. The first kappa shape index (κ1) is 26.1. The maximum absolute atomic E-state index is 12.4. The van der Waals surface area contributed by atoms with E-state index in [-0.39, 0.29) is 5.41 Å². The van der Waals surface area contributed by atoms with Crippen LogP contribution in [0.2, 0.25) is 0 Å². The Balaban J connectivity index is 2.74. The van der Waals surface area contributed by atoms with E-state index in [2.05, 4.69) is 16.0 Å². The molecule has 0 aliphatic rings. The molecule has 0 saturated carbocycles. The van der Waals surface area contributed by atoms with E-state index < -0.39 is 41.4 Å². The highest BCUT2D eigenvalue weighted by Crippen LogP contribution is 2.29. The molecule has 2 unspecified atom stereocenters. The zero-order valence-electron chi connectivity index (χ0n) is 19.7. The first-order chi connectivity index (χ1) is 14.2. The number of hydrogen-bond donors (Lipinski definition) is 3. The molecule has 0 radical (unpaired) electrons.